The summed E-state index contributed by atoms with van der Waals surface area (Å²) in [4.78, 5) is 22.5. The summed E-state index contributed by atoms with van der Waals surface area (Å²) in [5.41, 5.74) is 6.80. The molecule has 5 fully saturated rings. The number of carbonyl (C=O) groups excluding carboxylic acids is 1. The van der Waals surface area contributed by atoms with Gasteiger partial charge in [-0.05, 0) is 138 Å². The Kier molecular flexibility index (Phi) is 7.73. The standard InChI is InChI=1S/C42H48FN5O2/c1-23-19-31-39(38(43)36(23)30-12-6-10-26-9-5-11-29(22-44)37(26)30)45-42(50-24(2)33-13-7-17-46(33)4)32-21-35(34-14-8-18-47(34)25(3)49)48(41(31)32)40-27-15-16-28(40)20-27/h6,10,12,19,21,24,27-29,33-34,40H,5,7-9,11,13-18,20H2,1-4H3/t24-,27-,28+,29?,33-,34+,40?/m0/s1. The monoisotopic (exact) mass is 673 g/mol. The maximum Gasteiger partial charge on any atom is 0.223 e. The van der Waals surface area contributed by atoms with Crippen molar-refractivity contribution in [2.24, 2.45) is 11.8 Å². The molecule has 0 radical (unpaired) electrons. The summed E-state index contributed by atoms with van der Waals surface area (Å²) >= 11 is 0. The molecule has 50 heavy (non-hydrogen) atoms. The largest absolute Gasteiger partial charge is 0.472 e. The molecule has 7 atom stereocenters. The molecule has 3 saturated carbocycles. The number of fused-ring (bicyclic) bond motifs is 5. The van der Waals surface area contributed by atoms with E-state index in [0.717, 1.165) is 102 Å². The highest BCUT2D eigenvalue weighted by Gasteiger charge is 2.50. The number of halogens is 1. The predicted octanol–water partition coefficient (Wildman–Crippen LogP) is 8.76. The van der Waals surface area contributed by atoms with Crippen molar-refractivity contribution in [1.29, 1.82) is 5.26 Å². The Bertz CT molecular complexity index is 2070. The van der Waals surface area contributed by atoms with Crippen LogP contribution in [-0.4, -0.2) is 57.5 Å². The molecule has 0 N–H and O–H groups in total. The Balaban J connectivity index is 1.32. The van der Waals surface area contributed by atoms with Gasteiger partial charge in [-0.3, -0.25) is 9.69 Å². The molecule has 4 aromatic rings. The van der Waals surface area contributed by atoms with E-state index >= 15 is 4.39 Å². The van der Waals surface area contributed by atoms with Crippen LogP contribution in [0.5, 0.6) is 5.88 Å². The molecule has 4 heterocycles. The Morgan fingerprint density at radius 2 is 1.86 bits per heavy atom. The lowest BCUT2D eigenvalue weighted by Gasteiger charge is -2.40. The highest BCUT2D eigenvalue weighted by atomic mass is 19.1. The van der Waals surface area contributed by atoms with Crippen LogP contribution in [0, 0.1) is 35.9 Å². The third-order valence-corrected chi connectivity index (χ3v) is 13.3. The van der Waals surface area contributed by atoms with Gasteiger partial charge in [0.05, 0.1) is 28.9 Å². The van der Waals surface area contributed by atoms with Crippen molar-refractivity contribution < 1.29 is 13.9 Å². The molecule has 2 saturated heterocycles. The van der Waals surface area contributed by atoms with Gasteiger partial charge in [-0.15, -0.1) is 0 Å². The van der Waals surface area contributed by atoms with Crippen molar-refractivity contribution in [3.63, 3.8) is 0 Å². The van der Waals surface area contributed by atoms with Crippen LogP contribution in [0.1, 0.15) is 112 Å². The van der Waals surface area contributed by atoms with Crippen molar-refractivity contribution in [2.75, 3.05) is 20.1 Å². The van der Waals surface area contributed by atoms with E-state index in [1.54, 1.807) is 6.92 Å². The number of nitrogens with zero attached hydrogens (tertiary/aromatic N) is 5. The second-order valence-electron chi connectivity index (χ2n) is 16.1. The summed E-state index contributed by atoms with van der Waals surface area (Å²) in [5.74, 6) is 1.16. The Hall–Kier alpha value is -3.96. The number of ether oxygens (including phenoxy) is 1. The van der Waals surface area contributed by atoms with Crippen LogP contribution in [0.25, 0.3) is 32.9 Å². The molecule has 7 nitrogen and oxygen atoms in total. The minimum absolute atomic E-state index is 0.0230. The van der Waals surface area contributed by atoms with Crippen molar-refractivity contribution >= 4 is 27.7 Å². The van der Waals surface area contributed by atoms with Crippen molar-refractivity contribution in [2.45, 2.75) is 115 Å². The first-order valence-corrected chi connectivity index (χ1v) is 19.1. The molecular weight excluding hydrogens is 625 g/mol. The van der Waals surface area contributed by atoms with E-state index in [0.29, 0.717) is 34.8 Å². The number of hydrogen-bond donors (Lipinski definition) is 0. The first-order chi connectivity index (χ1) is 24.2. The van der Waals surface area contributed by atoms with Gasteiger partial charge in [0.1, 0.15) is 11.6 Å². The van der Waals surface area contributed by atoms with Gasteiger partial charge in [-0.1, -0.05) is 18.2 Å². The normalized spacial score (nSPS) is 28.2. The van der Waals surface area contributed by atoms with Gasteiger partial charge >= 0.3 is 0 Å². The van der Waals surface area contributed by atoms with Crippen LogP contribution < -0.4 is 4.74 Å². The molecule has 2 aromatic heterocycles. The van der Waals surface area contributed by atoms with Crippen LogP contribution in [-0.2, 0) is 11.2 Å². The van der Waals surface area contributed by atoms with Gasteiger partial charge in [0, 0.05) is 42.2 Å². The topological polar surface area (TPSA) is 74.4 Å². The van der Waals surface area contributed by atoms with Crippen LogP contribution in [0.4, 0.5) is 4.39 Å². The SMILES string of the molecule is CC(=O)N1CCC[C@@H]1c1cc2c(O[C@@H](C)[C@@H]3CCCN3C)nc3c(F)c(-c4cccc5c4C(C#N)CCC5)c(C)cc3c2n1C1[C@@H]2CC[C@H]1C2. The first-order valence-electron chi connectivity index (χ1n) is 19.1. The van der Waals surface area contributed by atoms with E-state index in [1.807, 2.05) is 24.0 Å². The number of pyridine rings is 1. The van der Waals surface area contributed by atoms with Crippen molar-refractivity contribution in [3.8, 4) is 23.1 Å². The number of aromatic nitrogens is 2. The van der Waals surface area contributed by atoms with Gasteiger partial charge in [0.15, 0.2) is 5.82 Å². The fraction of sp³-hybridized carbons (Fsp3) is 0.548. The zero-order valence-electron chi connectivity index (χ0n) is 29.8. The second-order valence-corrected chi connectivity index (χ2v) is 16.1. The average Bonchev–Trinajstić information content (AvgIpc) is 3.94. The lowest BCUT2D eigenvalue weighted by Crippen LogP contribution is -2.38. The summed E-state index contributed by atoms with van der Waals surface area (Å²) < 4.78 is 27.1. The number of benzene rings is 2. The van der Waals surface area contributed by atoms with Crippen LogP contribution in [0.15, 0.2) is 30.3 Å². The van der Waals surface area contributed by atoms with E-state index in [4.69, 9.17) is 9.72 Å². The molecule has 6 aliphatic rings. The molecule has 0 spiro atoms. The lowest BCUT2D eigenvalue weighted by atomic mass is 9.77. The molecule has 2 aromatic carbocycles. The molecule has 2 bridgehead atoms. The quantitative estimate of drug-likeness (QED) is 0.205. The summed E-state index contributed by atoms with van der Waals surface area (Å²) in [6.45, 7) is 7.61. The Labute approximate surface area is 294 Å². The smallest absolute Gasteiger partial charge is 0.223 e. The van der Waals surface area contributed by atoms with E-state index in [9.17, 15) is 10.1 Å². The summed E-state index contributed by atoms with van der Waals surface area (Å²) in [7, 11) is 2.15. The third-order valence-electron chi connectivity index (χ3n) is 13.3. The number of likely N-dealkylation sites (tertiary alicyclic amines) is 2. The van der Waals surface area contributed by atoms with Crippen LogP contribution >= 0.6 is 0 Å². The number of amides is 1. The van der Waals surface area contributed by atoms with E-state index in [-0.39, 0.29) is 35.8 Å². The van der Waals surface area contributed by atoms with Crippen LogP contribution in [0.2, 0.25) is 0 Å². The number of nitriles is 1. The number of carbonyl (C=O) groups is 1. The Morgan fingerprint density at radius 3 is 2.58 bits per heavy atom. The highest BCUT2D eigenvalue weighted by Crippen LogP contribution is 2.59. The maximum absolute atomic E-state index is 17.6. The van der Waals surface area contributed by atoms with Crippen molar-refractivity contribution in [1.82, 2.24) is 19.4 Å². The zero-order valence-corrected chi connectivity index (χ0v) is 29.8. The molecule has 2 aliphatic heterocycles. The zero-order chi connectivity index (χ0) is 34.4. The summed E-state index contributed by atoms with van der Waals surface area (Å²) in [5, 5.41) is 11.9. The predicted molar refractivity (Wildman–Crippen MR) is 194 cm³/mol. The summed E-state index contributed by atoms with van der Waals surface area (Å²) in [6, 6.07) is 13.6. The fourth-order valence-electron chi connectivity index (χ4n) is 10.9. The maximum atomic E-state index is 17.6. The minimum Gasteiger partial charge on any atom is -0.472 e. The van der Waals surface area contributed by atoms with Crippen LogP contribution in [0.3, 0.4) is 0 Å². The van der Waals surface area contributed by atoms with E-state index in [2.05, 4.69) is 47.7 Å². The van der Waals surface area contributed by atoms with Crippen molar-refractivity contribution in [3.05, 3.63) is 58.5 Å². The number of hydrogen-bond acceptors (Lipinski definition) is 5. The van der Waals surface area contributed by atoms with Gasteiger partial charge in [0.2, 0.25) is 11.8 Å². The average molecular weight is 674 g/mol. The van der Waals surface area contributed by atoms with E-state index < -0.39 is 0 Å². The molecule has 2 unspecified atom stereocenters. The molecule has 4 aliphatic carbocycles. The van der Waals surface area contributed by atoms with Gasteiger partial charge in [0.25, 0.3) is 0 Å². The minimum atomic E-state index is -0.342. The number of likely N-dealkylation sites (N-methyl/N-ethyl adjacent to an activating group) is 1. The highest BCUT2D eigenvalue weighted by molar-refractivity contribution is 6.09. The molecule has 260 valence electrons. The molecule has 1 amide bonds. The van der Waals surface area contributed by atoms with Gasteiger partial charge in [-0.25, -0.2) is 9.37 Å². The third kappa shape index (κ3) is 4.75. The molecule has 10 rings (SSSR count). The lowest BCUT2D eigenvalue weighted by molar-refractivity contribution is -0.129. The van der Waals surface area contributed by atoms with Gasteiger partial charge < -0.3 is 14.2 Å². The fourth-order valence-corrected chi connectivity index (χ4v) is 10.9. The molecular formula is C42H48FN5O2. The number of rotatable bonds is 6. The summed E-state index contributed by atoms with van der Waals surface area (Å²) in [6.07, 6.45) is 10.3. The molecule has 8 heteroatoms. The first kappa shape index (κ1) is 32.0. The number of aryl methyl sites for hydroxylation is 2. The Morgan fingerprint density at radius 1 is 1.06 bits per heavy atom. The second kappa shape index (κ2) is 12.1. The van der Waals surface area contributed by atoms with Gasteiger partial charge in [-0.2, -0.15) is 5.26 Å². The van der Waals surface area contributed by atoms with E-state index in [1.165, 1.54) is 19.3 Å².